The van der Waals surface area contributed by atoms with Crippen molar-refractivity contribution in [1.82, 2.24) is 0 Å². The number of aryl methyl sites for hydroxylation is 5. The number of benzene rings is 5. The molecule has 2 radical (unpaired) electrons. The molecule has 0 bridgehead atoms. The number of hydrogen-bond acceptors (Lipinski definition) is 21. The number of alkyl halides is 6. The molecule has 526 valence electrons. The molecule has 0 atom stereocenters. The number of methoxy groups -OCH3 is 2. The molecule has 0 aliphatic rings. The third-order valence-corrected chi connectivity index (χ3v) is 15.5. The van der Waals surface area contributed by atoms with Crippen molar-refractivity contribution >= 4 is 76.5 Å². The van der Waals surface area contributed by atoms with Crippen LogP contribution in [0.3, 0.4) is 0 Å². The summed E-state index contributed by atoms with van der Waals surface area (Å²) in [4.78, 5) is 53.7. The van der Waals surface area contributed by atoms with Crippen molar-refractivity contribution in [3.8, 4) is 28.7 Å². The second kappa shape index (κ2) is 64.0. The number of carboxylic acid groups (broad SMARTS) is 1. The normalized spacial score (nSPS) is 10.2. The quantitative estimate of drug-likeness (QED) is 0.00949. The maximum absolute atomic E-state index is 12.1. The third-order valence-electron chi connectivity index (χ3n) is 11.8. The number of Topliss-reactive ketones (excluding diaryl/α,β-unsaturated/α-hetero) is 2. The minimum absolute atomic E-state index is 0. The number of thioether (sulfide) groups is 4. The van der Waals surface area contributed by atoms with Crippen LogP contribution in [0, 0.1) is 88.1 Å². The van der Waals surface area contributed by atoms with Gasteiger partial charge in [0.05, 0.1) is 67.1 Å². The van der Waals surface area contributed by atoms with E-state index < -0.39 is 42.7 Å². The van der Waals surface area contributed by atoms with E-state index in [4.69, 9.17) is 49.6 Å². The van der Waals surface area contributed by atoms with E-state index in [1.165, 1.54) is 14.2 Å². The van der Waals surface area contributed by atoms with Crippen LogP contribution in [0.5, 0.6) is 28.7 Å². The standard InChI is InChI=1S/2C14H17F3O3S.C14H20O4S.C13H18O4S.C10H12O3.2Ac.K.H2O/c2*15-14(16,17)13(19)6-3-11-1-4-12(5-2-11)20-8-10-21-9-7-18;1-17-14(16)7-4-12-2-5-13(6-3-12)18-9-11-19-10-8-15;14-7-9-18-10-8-17-12-4-1-11(2-5-12)3-6-13(15)16;1-13-10(12)7-4-8-2-5-9(11)6-3-8;;;;/h2*1-2,4-5,18H,3,6-10H2;2-3,5-6,15H,4,7-11H2,1H3;1-2,4-5,14H,3,6-10H2,(H,15,16);2-3,5-6,11H,4,7H2,1H3;;;;1H2/q;;;;;;;+1;/p-1. The van der Waals surface area contributed by atoms with Crippen LogP contribution in [0.1, 0.15) is 59.9 Å². The van der Waals surface area contributed by atoms with Gasteiger partial charge in [-0.1, -0.05) is 60.7 Å². The smallest absolute Gasteiger partial charge is 0.870 e. The molecule has 5 aromatic carbocycles. The monoisotopic (exact) mass is 1890 g/mol. The second-order valence-corrected chi connectivity index (χ2v) is 23.8. The first-order chi connectivity index (χ1) is 44.1. The number of esters is 2. The zero-order valence-corrected chi connectivity index (χ0v) is 70.0. The van der Waals surface area contributed by atoms with Crippen LogP contribution in [-0.2, 0) is 65.6 Å². The van der Waals surface area contributed by atoms with Crippen molar-refractivity contribution in [2.75, 3.05) is 113 Å². The molecule has 0 aromatic heterocycles. The fourth-order valence-corrected chi connectivity index (χ4v) is 9.10. The molecule has 0 saturated carbocycles. The van der Waals surface area contributed by atoms with Crippen molar-refractivity contribution in [3.05, 3.63) is 149 Å². The van der Waals surface area contributed by atoms with Crippen molar-refractivity contribution < 1.29 is 254 Å². The fraction of sp³-hybridized carbons (Fsp3) is 0.462. The SMILES string of the molecule is COC(=O)CCc1ccc(O)cc1.COC(=O)CCc1ccc(OCCSCCO)cc1.O=C(CCc1ccc(OCCSCCO)cc1)C(F)(F)F.O=C(CCc1ccc(OCCSCCO)cc1)C(F)(F)F.O=C(O)CCc1ccc(OCCSCCO)cc1.[Ac].[Ac].[K+].[OH-]. The molecule has 0 aliphatic carbocycles. The summed E-state index contributed by atoms with van der Waals surface area (Å²) in [7, 11) is 2.77. The molecule has 0 fully saturated rings. The number of hydrogen-bond donors (Lipinski definition) is 6. The number of halogens is 6. The number of aliphatic hydroxyl groups excluding tert-OH is 4. The summed E-state index contributed by atoms with van der Waals surface area (Å²) >= 11 is 6.45. The number of carbonyl (C=O) groups excluding carboxylic acids is 4. The van der Waals surface area contributed by atoms with Gasteiger partial charge in [-0.25, -0.2) is 0 Å². The van der Waals surface area contributed by atoms with Crippen LogP contribution < -0.4 is 70.3 Å². The number of aromatic hydroxyl groups is 1. The molecule has 0 spiro atoms. The minimum Gasteiger partial charge on any atom is -0.870 e. The molecular weight excluding hydrogens is 1800 g/mol. The summed E-state index contributed by atoms with van der Waals surface area (Å²) in [5.41, 5.74) is 4.43. The molecular formula is C65H85Ac2F6KO18S4. The van der Waals surface area contributed by atoms with Crippen LogP contribution >= 0.6 is 47.0 Å². The van der Waals surface area contributed by atoms with Gasteiger partial charge in [-0.15, -0.1) is 0 Å². The summed E-state index contributed by atoms with van der Waals surface area (Å²) in [6.45, 7) is 2.91. The first-order valence-corrected chi connectivity index (χ1v) is 33.6. The molecule has 5 rings (SSSR count). The van der Waals surface area contributed by atoms with E-state index in [0.717, 1.165) is 62.7 Å². The second-order valence-electron chi connectivity index (χ2n) is 18.9. The van der Waals surface area contributed by atoms with Gasteiger partial charge < -0.3 is 64.5 Å². The van der Waals surface area contributed by atoms with Gasteiger partial charge in [-0.3, -0.25) is 24.0 Å². The van der Waals surface area contributed by atoms with Gasteiger partial charge in [0, 0.05) is 166 Å². The Kier molecular flexibility index (Phi) is 67.0. The molecule has 96 heavy (non-hydrogen) atoms. The van der Waals surface area contributed by atoms with Crippen LogP contribution in [-0.4, -0.2) is 191 Å². The van der Waals surface area contributed by atoms with E-state index in [1.807, 2.05) is 48.5 Å². The molecule has 7 N–H and O–H groups in total. The van der Waals surface area contributed by atoms with Gasteiger partial charge in [0.25, 0.3) is 0 Å². The average Bonchev–Trinajstić information content (AvgIpc) is 2.70. The minimum atomic E-state index is -4.75. The number of carbonyl (C=O) groups is 5. The number of aliphatic hydroxyl groups is 4. The van der Waals surface area contributed by atoms with Crippen molar-refractivity contribution in [2.24, 2.45) is 0 Å². The van der Waals surface area contributed by atoms with Crippen LogP contribution in [0.4, 0.5) is 26.3 Å². The number of phenols is 1. The number of rotatable bonds is 39. The van der Waals surface area contributed by atoms with Gasteiger partial charge in [0.2, 0.25) is 11.6 Å². The van der Waals surface area contributed by atoms with Crippen molar-refractivity contribution in [1.29, 1.82) is 0 Å². The molecule has 0 unspecified atom stereocenters. The summed E-state index contributed by atoms with van der Waals surface area (Å²) in [5.74, 6) is 4.54. The van der Waals surface area contributed by atoms with Crippen molar-refractivity contribution in [3.63, 3.8) is 0 Å². The Morgan fingerprint density at radius 2 is 0.594 bits per heavy atom. The molecule has 0 heterocycles. The Balaban J connectivity index is -0.000000549. The number of carboxylic acids is 1. The summed E-state index contributed by atoms with van der Waals surface area (Å²) in [6, 6.07) is 35.3. The molecule has 5 aromatic rings. The number of ketones is 2. The fourth-order valence-electron chi connectivity index (χ4n) is 6.96. The maximum atomic E-state index is 12.1. The zero-order chi connectivity index (χ0) is 68.3. The van der Waals surface area contributed by atoms with Gasteiger partial charge in [-0.05, 0) is 121 Å². The summed E-state index contributed by atoms with van der Waals surface area (Å²) < 4.78 is 103. The van der Waals surface area contributed by atoms with E-state index in [-0.39, 0.29) is 208 Å². The third kappa shape index (κ3) is 55.8. The Hall–Kier alpha value is -1.85. The molecule has 18 nitrogen and oxygen atoms in total. The summed E-state index contributed by atoms with van der Waals surface area (Å²) in [5, 5.41) is 52.0. The predicted octanol–water partition coefficient (Wildman–Crippen LogP) is 7.74. The number of phenolic OH excluding ortho intramolecular Hbond substituents is 1. The largest absolute Gasteiger partial charge is 1.00 e. The molecule has 0 amide bonds. The first kappa shape index (κ1) is 101. The Bertz CT molecular complexity index is 2670. The van der Waals surface area contributed by atoms with Gasteiger partial charge in [0.1, 0.15) is 28.7 Å². The van der Waals surface area contributed by atoms with Crippen molar-refractivity contribution in [2.45, 2.75) is 76.6 Å². The molecule has 0 saturated heterocycles. The summed E-state index contributed by atoms with van der Waals surface area (Å²) in [6.07, 6.45) is -7.68. The maximum Gasteiger partial charge on any atom is 1.00 e. The first-order valence-electron chi connectivity index (χ1n) is 29.0. The van der Waals surface area contributed by atoms with Gasteiger partial charge in [0.15, 0.2) is 0 Å². The van der Waals surface area contributed by atoms with E-state index in [0.29, 0.717) is 92.7 Å². The predicted molar refractivity (Wildman–Crippen MR) is 351 cm³/mol. The van der Waals surface area contributed by atoms with E-state index >= 15 is 0 Å². The number of aliphatic carboxylic acids is 1. The number of ether oxygens (including phenoxy) is 6. The Labute approximate surface area is 689 Å². The van der Waals surface area contributed by atoms with Crippen LogP contribution in [0.15, 0.2) is 121 Å². The van der Waals surface area contributed by atoms with Crippen LogP contribution in [0.2, 0.25) is 0 Å². The van der Waals surface area contributed by atoms with E-state index in [9.17, 15) is 50.3 Å². The topological polar surface area (TPSA) is 292 Å². The van der Waals surface area contributed by atoms with E-state index in [1.54, 1.807) is 120 Å². The van der Waals surface area contributed by atoms with E-state index in [2.05, 4.69) is 9.47 Å². The Morgan fingerprint density at radius 3 is 0.802 bits per heavy atom. The van der Waals surface area contributed by atoms with Crippen LogP contribution in [0.25, 0.3) is 0 Å². The zero-order valence-electron chi connectivity index (χ0n) is 54.1. The molecule has 0 aliphatic heterocycles. The van der Waals surface area contributed by atoms with Gasteiger partial charge in [-0.2, -0.15) is 73.4 Å². The average molecular weight is 1890 g/mol. The Morgan fingerprint density at radius 1 is 0.375 bits per heavy atom. The molecule has 31 heteroatoms. The van der Waals surface area contributed by atoms with Gasteiger partial charge >= 0.3 is 81.6 Å².